The molecule has 4 aliphatic rings. The Morgan fingerprint density at radius 2 is 1.75 bits per heavy atom. The van der Waals surface area contributed by atoms with Crippen LogP contribution in [0.1, 0.15) is 110 Å². The maximum Gasteiger partial charge on any atom is 0.425 e. The minimum Gasteiger partial charge on any atom is -0.493 e. The number of nitriles is 1. The smallest absolute Gasteiger partial charge is 0.425 e. The summed E-state index contributed by atoms with van der Waals surface area (Å²) in [6.07, 6.45) is -0.735. The molecule has 1 aromatic carbocycles. The number of likely N-dealkylation sites (tertiary alicyclic amines) is 1. The van der Waals surface area contributed by atoms with Crippen molar-refractivity contribution in [2.24, 2.45) is 5.41 Å². The summed E-state index contributed by atoms with van der Waals surface area (Å²) >= 11 is 0.364. The normalized spacial score (nSPS) is 22.8. The number of hydrogen-bond donors (Lipinski definition) is 0. The highest BCUT2D eigenvalue weighted by molar-refractivity contribution is 7.10. The third-order valence-electron chi connectivity index (χ3n) is 13.0. The van der Waals surface area contributed by atoms with E-state index < -0.39 is 68.5 Å². The van der Waals surface area contributed by atoms with E-state index in [2.05, 4.69) is 11.1 Å². The first-order valence-electron chi connectivity index (χ1n) is 21.7. The van der Waals surface area contributed by atoms with Gasteiger partial charge in [-0.1, -0.05) is 36.8 Å². The Labute approximate surface area is 371 Å². The van der Waals surface area contributed by atoms with Crippen LogP contribution >= 0.6 is 11.3 Å². The van der Waals surface area contributed by atoms with Gasteiger partial charge in [0.1, 0.15) is 21.9 Å². The fourth-order valence-corrected chi connectivity index (χ4v) is 10.1. The van der Waals surface area contributed by atoms with Crippen molar-refractivity contribution in [2.45, 2.75) is 113 Å². The number of para-hydroxylation sites is 1. The number of carbonyl (C=O) groups is 3. The van der Waals surface area contributed by atoms with Crippen LogP contribution in [0.5, 0.6) is 17.4 Å². The topological polar surface area (TPSA) is 131 Å². The van der Waals surface area contributed by atoms with E-state index in [-0.39, 0.29) is 76.7 Å². The van der Waals surface area contributed by atoms with Crippen molar-refractivity contribution in [2.75, 3.05) is 39.5 Å². The van der Waals surface area contributed by atoms with Crippen molar-refractivity contribution >= 4 is 29.1 Å². The maximum absolute atomic E-state index is 15.3. The van der Waals surface area contributed by atoms with Gasteiger partial charge in [0.15, 0.2) is 0 Å². The molecule has 1 saturated carbocycles. The van der Waals surface area contributed by atoms with Crippen molar-refractivity contribution in [3.8, 4) is 23.4 Å². The van der Waals surface area contributed by atoms with Crippen molar-refractivity contribution < 1.29 is 59.7 Å². The molecule has 344 valence electrons. The molecule has 3 aliphatic heterocycles. The molecule has 2 saturated heterocycles. The molecule has 2 atom stereocenters. The highest BCUT2D eigenvalue weighted by Crippen LogP contribution is 2.48. The van der Waals surface area contributed by atoms with E-state index in [9.17, 15) is 41.2 Å². The summed E-state index contributed by atoms with van der Waals surface area (Å²) in [5.41, 5.74) is -5.19. The number of ether oxygens (including phenoxy) is 4. The monoisotopic (exact) mass is 916 g/mol. The number of hydrogen-bond acceptors (Lipinski definition) is 10. The van der Waals surface area contributed by atoms with Gasteiger partial charge in [0.25, 0.3) is 11.8 Å². The summed E-state index contributed by atoms with van der Waals surface area (Å²) in [5, 5.41) is 11.9. The Morgan fingerprint density at radius 3 is 2.42 bits per heavy atom. The molecule has 64 heavy (non-hydrogen) atoms. The zero-order valence-corrected chi connectivity index (χ0v) is 36.2. The Hall–Kier alpha value is -5.31. The number of pyridine rings is 1. The van der Waals surface area contributed by atoms with E-state index in [0.29, 0.717) is 61.0 Å². The number of allylic oxidation sites excluding steroid dienone is 1. The van der Waals surface area contributed by atoms with Crippen LogP contribution in [-0.4, -0.2) is 83.7 Å². The molecule has 7 rings (SSSR count). The number of benzene rings is 1. The Kier molecular flexibility index (Phi) is 13.9. The van der Waals surface area contributed by atoms with Crippen molar-refractivity contribution in [3.05, 3.63) is 81.7 Å². The molecule has 18 heteroatoms. The molecule has 0 bridgehead atoms. The van der Waals surface area contributed by atoms with Crippen molar-refractivity contribution in [1.82, 2.24) is 14.8 Å². The second-order valence-corrected chi connectivity index (χ2v) is 17.7. The van der Waals surface area contributed by atoms with Gasteiger partial charge in [-0.3, -0.25) is 14.4 Å². The van der Waals surface area contributed by atoms with E-state index in [0.717, 1.165) is 41.8 Å². The number of esters is 1. The maximum atomic E-state index is 15.3. The summed E-state index contributed by atoms with van der Waals surface area (Å²) in [6.45, 7) is 2.24. The Morgan fingerprint density at radius 1 is 0.984 bits per heavy atom. The van der Waals surface area contributed by atoms with E-state index in [1.54, 1.807) is 43.3 Å². The van der Waals surface area contributed by atoms with Gasteiger partial charge in [0, 0.05) is 49.3 Å². The second-order valence-electron chi connectivity index (χ2n) is 16.8. The Balaban J connectivity index is 1.19. The third-order valence-corrected chi connectivity index (χ3v) is 13.9. The second kappa shape index (κ2) is 19.0. The molecule has 0 N–H and O–H groups in total. The number of piperidine rings is 2. The van der Waals surface area contributed by atoms with Crippen LogP contribution in [-0.2, 0) is 32.1 Å². The molecule has 2 amide bonds. The first-order valence-corrected chi connectivity index (χ1v) is 22.6. The number of thiophene rings is 1. The van der Waals surface area contributed by atoms with Crippen LogP contribution in [0.15, 0.2) is 60.1 Å². The number of halogens is 6. The lowest BCUT2D eigenvalue weighted by atomic mass is 9.66. The van der Waals surface area contributed by atoms with E-state index in [4.69, 9.17) is 18.9 Å². The SMILES string of the molecule is CCOC(=O)C1(CCCOc2ccccc2C2(C#N)CCN(C(=O)[C@]3(Oc4csc(C(F)(F)F)c4)CCCN4C(=O)c5c(C(F)(F)F)ccnc5OCCC/C=C\C[C@@H]43)CC2)CCC1. The van der Waals surface area contributed by atoms with E-state index in [1.807, 2.05) is 0 Å². The number of carbonyl (C=O) groups excluding carboxylic acids is 3. The molecule has 3 fully saturated rings. The lowest BCUT2D eigenvalue weighted by Gasteiger charge is -2.50. The van der Waals surface area contributed by atoms with E-state index >= 15 is 4.79 Å². The highest BCUT2D eigenvalue weighted by Gasteiger charge is 2.57. The lowest BCUT2D eigenvalue weighted by molar-refractivity contribution is -0.162. The Bertz CT molecular complexity index is 2240. The fourth-order valence-electron chi connectivity index (χ4n) is 9.47. The van der Waals surface area contributed by atoms with Gasteiger partial charge >= 0.3 is 18.3 Å². The first-order chi connectivity index (χ1) is 30.6. The van der Waals surface area contributed by atoms with Gasteiger partial charge in [-0.2, -0.15) is 31.6 Å². The van der Waals surface area contributed by atoms with Gasteiger partial charge in [-0.05, 0) is 83.3 Å². The van der Waals surface area contributed by atoms with Gasteiger partial charge in [-0.25, -0.2) is 4.98 Å². The molecular weight excluding hydrogens is 867 g/mol. The number of fused-ring (bicyclic) bond motifs is 2. The zero-order chi connectivity index (χ0) is 45.8. The molecule has 0 radical (unpaired) electrons. The number of rotatable bonds is 11. The van der Waals surface area contributed by atoms with Gasteiger partial charge in [-0.15, -0.1) is 11.3 Å². The van der Waals surface area contributed by atoms with Crippen LogP contribution in [0, 0.1) is 16.7 Å². The number of amides is 2. The molecule has 0 unspecified atom stereocenters. The standard InChI is InChI=1S/C46H50F6N4O7S/c1-2-60-41(59)42(16-9-17-42)18-11-27-61-34-13-7-6-12-32(34)43(30-53)20-24-55(25-21-43)40(58)44(63-31-28-36(64-29-31)46(50,51)52)19-10-23-56-35(44)14-5-3-4-8-26-62-38-37(39(56)57)33(15-22-54-38)45(47,48)49/h3,5-7,12-13,15,22,28-29,35H,2,4,8-11,14,16-21,23-27H2,1H3/b5-3-/t35-,44+/m1/s1. The first kappa shape index (κ1) is 46.7. The molecular formula is C46H50F6N4O7S. The largest absolute Gasteiger partial charge is 0.493 e. The average molecular weight is 917 g/mol. The summed E-state index contributed by atoms with van der Waals surface area (Å²) in [7, 11) is 0. The molecule has 5 heterocycles. The van der Waals surface area contributed by atoms with Crippen molar-refractivity contribution in [1.29, 1.82) is 5.26 Å². The number of alkyl halides is 6. The summed E-state index contributed by atoms with van der Waals surface area (Å²) in [5.74, 6) is -2.29. The minimum absolute atomic E-state index is 0.000652. The fraction of sp³-hybridized carbons (Fsp3) is 0.543. The molecule has 11 nitrogen and oxygen atoms in total. The van der Waals surface area contributed by atoms with Gasteiger partial charge < -0.3 is 28.7 Å². The quantitative estimate of drug-likeness (QED) is 0.0799. The van der Waals surface area contributed by atoms with Crippen LogP contribution in [0.3, 0.4) is 0 Å². The molecule has 0 spiro atoms. The number of aromatic nitrogens is 1. The summed E-state index contributed by atoms with van der Waals surface area (Å²) < 4.78 is 109. The number of nitrogens with zero attached hydrogens (tertiary/aromatic N) is 4. The summed E-state index contributed by atoms with van der Waals surface area (Å²) in [4.78, 5) is 48.3. The van der Waals surface area contributed by atoms with E-state index in [1.165, 1.54) is 4.90 Å². The third kappa shape index (κ3) is 9.41. The highest BCUT2D eigenvalue weighted by atomic mass is 32.1. The predicted octanol–water partition coefficient (Wildman–Crippen LogP) is 9.70. The lowest BCUT2D eigenvalue weighted by Crippen LogP contribution is -2.68. The van der Waals surface area contributed by atoms with Crippen LogP contribution in [0.4, 0.5) is 26.3 Å². The van der Waals surface area contributed by atoms with Crippen LogP contribution < -0.4 is 14.2 Å². The van der Waals surface area contributed by atoms with Crippen LogP contribution in [0.25, 0.3) is 0 Å². The van der Waals surface area contributed by atoms with Gasteiger partial charge in [0.05, 0.1) is 48.3 Å². The molecule has 1 aliphatic carbocycles. The van der Waals surface area contributed by atoms with Crippen molar-refractivity contribution in [3.63, 3.8) is 0 Å². The van der Waals surface area contributed by atoms with Gasteiger partial charge in [0.2, 0.25) is 11.5 Å². The summed E-state index contributed by atoms with van der Waals surface area (Å²) in [6, 6.07) is 9.78. The van der Waals surface area contributed by atoms with Crippen LogP contribution in [0.2, 0.25) is 0 Å². The average Bonchev–Trinajstić information content (AvgIpc) is 3.74. The zero-order valence-electron chi connectivity index (χ0n) is 35.4. The predicted molar refractivity (Wildman–Crippen MR) is 222 cm³/mol. The minimum atomic E-state index is -4.99. The molecule has 3 aromatic rings. The molecule has 2 aromatic heterocycles.